The average Bonchev–Trinajstić information content (AvgIpc) is 2.86. The maximum absolute atomic E-state index is 11.9. The highest BCUT2D eigenvalue weighted by Crippen LogP contribution is 2.62. The molecule has 0 unspecified atom stereocenters. The predicted octanol–water partition coefficient (Wildman–Crippen LogP) is 9.15. The molecule has 3 aromatic carbocycles. The highest BCUT2D eigenvalue weighted by Gasteiger charge is 2.53. The average molecular weight is 527 g/mol. The molecule has 7 rings (SSSR count). The summed E-state index contributed by atoms with van der Waals surface area (Å²) in [6, 6.07) is 19.3. The molecule has 0 radical (unpaired) electrons. The van der Waals surface area contributed by atoms with Crippen LogP contribution < -0.4 is 4.43 Å². The monoisotopic (exact) mass is 526 g/mol. The van der Waals surface area contributed by atoms with Crippen molar-refractivity contribution in [2.75, 3.05) is 7.11 Å². The van der Waals surface area contributed by atoms with E-state index in [4.69, 9.17) is 9.16 Å². The van der Waals surface area contributed by atoms with Crippen molar-refractivity contribution in [3.05, 3.63) is 65.7 Å². The maximum Gasteiger partial charge on any atom is 0.337 e. The van der Waals surface area contributed by atoms with Crippen molar-refractivity contribution in [2.45, 2.75) is 82.8 Å². The van der Waals surface area contributed by atoms with E-state index in [-0.39, 0.29) is 16.4 Å². The summed E-state index contributed by atoms with van der Waals surface area (Å²) in [6.45, 7) is 11.8. The zero-order valence-corrected chi connectivity index (χ0v) is 24.9. The summed E-state index contributed by atoms with van der Waals surface area (Å²) >= 11 is 0. The van der Waals surface area contributed by atoms with E-state index < -0.39 is 8.32 Å². The van der Waals surface area contributed by atoms with Crippen molar-refractivity contribution in [2.24, 2.45) is 17.8 Å². The first-order valence-corrected chi connectivity index (χ1v) is 17.3. The zero-order chi connectivity index (χ0) is 26.9. The number of carbonyl (C=O) groups is 1. The number of benzene rings is 3. The van der Waals surface area contributed by atoms with E-state index in [1.165, 1.54) is 67.5 Å². The minimum absolute atomic E-state index is 0.154. The van der Waals surface area contributed by atoms with Gasteiger partial charge in [-0.25, -0.2) is 4.79 Å². The Labute approximate surface area is 229 Å². The number of esters is 1. The SMILES string of the molecule is COC(=O)c1ccc(-c2ccc3cc(O[Si](C)(C)C(C)(C)C)c(C45CC6CC(CC(C6)C4)C5)cc3c2)cc1. The summed E-state index contributed by atoms with van der Waals surface area (Å²) in [5, 5.41) is 2.68. The molecule has 4 heteroatoms. The van der Waals surface area contributed by atoms with Gasteiger partial charge in [-0.15, -0.1) is 0 Å². The smallest absolute Gasteiger partial charge is 0.337 e. The lowest BCUT2D eigenvalue weighted by Crippen LogP contribution is -2.49. The third kappa shape index (κ3) is 4.39. The third-order valence-electron chi connectivity index (χ3n) is 10.4. The van der Waals surface area contributed by atoms with Crippen LogP contribution >= 0.6 is 0 Å². The number of hydrogen-bond acceptors (Lipinski definition) is 3. The fourth-order valence-electron chi connectivity index (χ4n) is 7.74. The molecule has 3 aromatic rings. The Balaban J connectivity index is 1.45. The van der Waals surface area contributed by atoms with Crippen molar-refractivity contribution in [3.8, 4) is 16.9 Å². The topological polar surface area (TPSA) is 35.5 Å². The molecule has 4 aliphatic rings. The Hall–Kier alpha value is -2.59. The van der Waals surface area contributed by atoms with E-state index in [1.807, 2.05) is 24.3 Å². The largest absolute Gasteiger partial charge is 0.543 e. The molecule has 3 nitrogen and oxygen atoms in total. The van der Waals surface area contributed by atoms with Gasteiger partial charge in [-0.05, 0) is 138 Å². The van der Waals surface area contributed by atoms with Crippen LogP contribution in [0.3, 0.4) is 0 Å². The third-order valence-corrected chi connectivity index (χ3v) is 14.7. The van der Waals surface area contributed by atoms with E-state index in [0.29, 0.717) is 5.56 Å². The van der Waals surface area contributed by atoms with Crippen molar-refractivity contribution in [3.63, 3.8) is 0 Å². The molecule has 4 fully saturated rings. The van der Waals surface area contributed by atoms with Gasteiger partial charge in [-0.3, -0.25) is 0 Å². The number of hydrogen-bond donors (Lipinski definition) is 0. The summed E-state index contributed by atoms with van der Waals surface area (Å²) in [6.07, 6.45) is 8.30. The molecule has 4 aliphatic carbocycles. The molecule has 0 atom stereocenters. The summed E-state index contributed by atoms with van der Waals surface area (Å²) in [5.74, 6) is 3.51. The first-order valence-electron chi connectivity index (χ1n) is 14.4. The molecule has 0 saturated heterocycles. The van der Waals surface area contributed by atoms with Crippen LogP contribution in [0.5, 0.6) is 5.75 Å². The maximum atomic E-state index is 11.9. The van der Waals surface area contributed by atoms with Gasteiger partial charge in [0.05, 0.1) is 12.7 Å². The number of rotatable bonds is 5. The fourth-order valence-corrected chi connectivity index (χ4v) is 8.77. The molecule has 38 heavy (non-hydrogen) atoms. The molecule has 0 aromatic heterocycles. The second kappa shape index (κ2) is 8.98. The first-order chi connectivity index (χ1) is 18.0. The second-order valence-corrected chi connectivity index (χ2v) is 18.8. The molecule has 4 saturated carbocycles. The summed E-state index contributed by atoms with van der Waals surface area (Å²) < 4.78 is 12.0. The lowest BCUT2D eigenvalue weighted by molar-refractivity contribution is -0.00580. The summed E-state index contributed by atoms with van der Waals surface area (Å²) in [5.41, 5.74) is 4.60. The van der Waals surface area contributed by atoms with Gasteiger partial charge in [0.2, 0.25) is 8.32 Å². The number of carbonyl (C=O) groups excluding carboxylic acids is 1. The van der Waals surface area contributed by atoms with Gasteiger partial charge < -0.3 is 9.16 Å². The molecular formula is C34H42O3Si. The highest BCUT2D eigenvalue weighted by atomic mass is 28.4. The van der Waals surface area contributed by atoms with Crippen LogP contribution in [-0.2, 0) is 10.2 Å². The van der Waals surface area contributed by atoms with Crippen molar-refractivity contribution < 1.29 is 14.0 Å². The van der Waals surface area contributed by atoms with E-state index in [0.717, 1.165) is 29.1 Å². The zero-order valence-electron chi connectivity index (χ0n) is 23.9. The Morgan fingerprint density at radius 3 is 1.95 bits per heavy atom. The predicted molar refractivity (Wildman–Crippen MR) is 158 cm³/mol. The van der Waals surface area contributed by atoms with Gasteiger partial charge in [-0.2, -0.15) is 0 Å². The second-order valence-electron chi connectivity index (χ2n) is 14.0. The Bertz CT molecular complexity index is 1340. The van der Waals surface area contributed by atoms with Gasteiger partial charge in [0.25, 0.3) is 0 Å². The molecular weight excluding hydrogens is 484 g/mol. The number of ether oxygens (including phenoxy) is 1. The minimum atomic E-state index is -2.00. The Morgan fingerprint density at radius 2 is 1.39 bits per heavy atom. The molecule has 0 N–H and O–H groups in total. The summed E-state index contributed by atoms with van der Waals surface area (Å²) in [4.78, 5) is 11.9. The fraction of sp³-hybridized carbons (Fsp3) is 0.500. The van der Waals surface area contributed by atoms with Gasteiger partial charge in [-0.1, -0.05) is 45.0 Å². The Kier molecular flexibility index (Phi) is 6.06. The molecule has 0 spiro atoms. The molecule has 0 amide bonds. The summed E-state index contributed by atoms with van der Waals surface area (Å²) in [7, 11) is -0.577. The van der Waals surface area contributed by atoms with Crippen LogP contribution in [-0.4, -0.2) is 21.4 Å². The van der Waals surface area contributed by atoms with Gasteiger partial charge in [0.1, 0.15) is 5.75 Å². The van der Waals surface area contributed by atoms with Gasteiger partial charge in [0, 0.05) is 0 Å². The van der Waals surface area contributed by atoms with Crippen LogP contribution in [0.1, 0.15) is 75.2 Å². The van der Waals surface area contributed by atoms with E-state index in [1.54, 1.807) is 0 Å². The van der Waals surface area contributed by atoms with Gasteiger partial charge >= 0.3 is 5.97 Å². The first kappa shape index (κ1) is 25.7. The molecule has 4 bridgehead atoms. The normalized spacial score (nSPS) is 26.5. The van der Waals surface area contributed by atoms with Crippen LogP contribution in [0.25, 0.3) is 21.9 Å². The van der Waals surface area contributed by atoms with E-state index in [9.17, 15) is 4.79 Å². The van der Waals surface area contributed by atoms with Crippen molar-refractivity contribution in [1.29, 1.82) is 0 Å². The molecule has 0 heterocycles. The van der Waals surface area contributed by atoms with Crippen molar-refractivity contribution >= 4 is 25.1 Å². The molecule has 0 aliphatic heterocycles. The minimum Gasteiger partial charge on any atom is -0.543 e. The van der Waals surface area contributed by atoms with Crippen LogP contribution in [0.15, 0.2) is 54.6 Å². The number of fused-ring (bicyclic) bond motifs is 1. The van der Waals surface area contributed by atoms with E-state index in [2.05, 4.69) is 64.2 Å². The quantitative estimate of drug-likeness (QED) is 0.246. The Morgan fingerprint density at radius 1 is 0.816 bits per heavy atom. The molecule has 200 valence electrons. The van der Waals surface area contributed by atoms with Crippen LogP contribution in [0, 0.1) is 17.8 Å². The van der Waals surface area contributed by atoms with Crippen molar-refractivity contribution in [1.82, 2.24) is 0 Å². The lowest BCUT2D eigenvalue weighted by atomic mass is 9.48. The lowest BCUT2D eigenvalue weighted by Gasteiger charge is -2.57. The van der Waals surface area contributed by atoms with Gasteiger partial charge in [0.15, 0.2) is 0 Å². The number of methoxy groups -OCH3 is 1. The highest BCUT2D eigenvalue weighted by molar-refractivity contribution is 6.74. The van der Waals surface area contributed by atoms with E-state index >= 15 is 0 Å². The standard InChI is InChI=1S/C34H42O3Si/c1-33(2,3)38(5,6)37-31-18-28-12-11-27(25-7-9-26(10-8-25)32(35)36-4)16-29(28)17-30(31)34-19-22-13-23(20-34)15-24(14-22)21-34/h7-12,16-18,22-24H,13-15,19-21H2,1-6H3. The van der Waals surface area contributed by atoms with Crippen LogP contribution in [0.2, 0.25) is 18.1 Å². The van der Waals surface area contributed by atoms with Crippen LogP contribution in [0.4, 0.5) is 0 Å².